The SMILES string of the molecule is C=CCN1CCC2(CCN(Cc3cccs3)CC2)C1=O.O=C(O)C(F)(F)F. The van der Waals surface area contributed by atoms with Crippen LogP contribution in [0.4, 0.5) is 13.2 Å². The van der Waals surface area contributed by atoms with Gasteiger partial charge in [0, 0.05) is 24.5 Å². The predicted molar refractivity (Wildman–Crippen MR) is 96.3 cm³/mol. The Morgan fingerprint density at radius 1 is 1.30 bits per heavy atom. The first-order chi connectivity index (χ1) is 12.7. The Bertz CT molecular complexity index is 653. The van der Waals surface area contributed by atoms with E-state index in [1.165, 1.54) is 4.88 Å². The summed E-state index contributed by atoms with van der Waals surface area (Å²) in [4.78, 5) is 27.3. The van der Waals surface area contributed by atoms with Crippen molar-refractivity contribution in [2.24, 2.45) is 5.41 Å². The van der Waals surface area contributed by atoms with Crippen molar-refractivity contribution in [1.29, 1.82) is 0 Å². The fourth-order valence-electron chi connectivity index (χ4n) is 3.45. The van der Waals surface area contributed by atoms with Gasteiger partial charge in [-0.25, -0.2) is 4.79 Å². The van der Waals surface area contributed by atoms with E-state index >= 15 is 0 Å². The molecule has 0 radical (unpaired) electrons. The molecule has 2 aliphatic rings. The molecule has 150 valence electrons. The number of carboxylic acid groups (broad SMARTS) is 1. The van der Waals surface area contributed by atoms with Gasteiger partial charge >= 0.3 is 12.1 Å². The number of nitrogens with zero attached hydrogens (tertiary/aromatic N) is 2. The molecule has 0 bridgehead atoms. The summed E-state index contributed by atoms with van der Waals surface area (Å²) < 4.78 is 31.7. The number of rotatable bonds is 4. The quantitative estimate of drug-likeness (QED) is 0.782. The van der Waals surface area contributed by atoms with E-state index in [0.29, 0.717) is 12.5 Å². The van der Waals surface area contributed by atoms with E-state index in [9.17, 15) is 18.0 Å². The van der Waals surface area contributed by atoms with Crippen LogP contribution >= 0.6 is 11.3 Å². The number of thiophene rings is 1. The van der Waals surface area contributed by atoms with Crippen molar-refractivity contribution in [1.82, 2.24) is 9.80 Å². The minimum atomic E-state index is -5.08. The lowest BCUT2D eigenvalue weighted by Gasteiger charge is -2.37. The van der Waals surface area contributed by atoms with E-state index in [0.717, 1.165) is 45.4 Å². The fourth-order valence-corrected chi connectivity index (χ4v) is 4.20. The molecule has 3 heterocycles. The average molecular weight is 404 g/mol. The predicted octanol–water partition coefficient (Wildman–Crippen LogP) is 3.38. The molecule has 1 N–H and O–H groups in total. The summed E-state index contributed by atoms with van der Waals surface area (Å²) in [7, 11) is 0. The van der Waals surface area contributed by atoms with E-state index in [1.807, 2.05) is 22.3 Å². The molecule has 3 rings (SSSR count). The zero-order chi connectivity index (χ0) is 20.1. The number of aliphatic carboxylic acids is 1. The van der Waals surface area contributed by atoms with Gasteiger partial charge in [-0.1, -0.05) is 12.1 Å². The maximum absolute atomic E-state index is 12.6. The van der Waals surface area contributed by atoms with Crippen LogP contribution in [-0.4, -0.2) is 59.1 Å². The molecule has 0 aliphatic carbocycles. The van der Waals surface area contributed by atoms with Crippen molar-refractivity contribution in [3.05, 3.63) is 35.0 Å². The van der Waals surface area contributed by atoms with Crippen molar-refractivity contribution >= 4 is 23.2 Å². The molecule has 0 atom stereocenters. The van der Waals surface area contributed by atoms with Crippen LogP contribution in [0.5, 0.6) is 0 Å². The molecule has 0 unspecified atom stereocenters. The summed E-state index contributed by atoms with van der Waals surface area (Å²) >= 11 is 1.82. The van der Waals surface area contributed by atoms with Gasteiger partial charge in [-0.2, -0.15) is 13.2 Å². The van der Waals surface area contributed by atoms with Gasteiger partial charge < -0.3 is 10.0 Å². The Hall–Kier alpha value is -1.87. The lowest BCUT2D eigenvalue weighted by atomic mass is 9.77. The smallest absolute Gasteiger partial charge is 0.475 e. The van der Waals surface area contributed by atoms with Gasteiger partial charge in [-0.05, 0) is 43.8 Å². The highest BCUT2D eigenvalue weighted by Gasteiger charge is 2.47. The van der Waals surface area contributed by atoms with E-state index in [2.05, 4.69) is 29.0 Å². The van der Waals surface area contributed by atoms with Crippen LogP contribution in [0.3, 0.4) is 0 Å². The highest BCUT2D eigenvalue weighted by Crippen LogP contribution is 2.41. The van der Waals surface area contributed by atoms with Gasteiger partial charge in [-0.3, -0.25) is 9.69 Å². The summed E-state index contributed by atoms with van der Waals surface area (Å²) in [6.45, 7) is 8.50. The standard InChI is InChI=1S/C16H22N2OS.C2HF3O2/c1-2-8-18-11-7-16(15(18)19)5-9-17(10-6-16)13-14-4-3-12-20-14;3-2(4,5)1(6)7/h2-4,12H,1,5-11,13H2;(H,6,7). The van der Waals surface area contributed by atoms with Crippen LogP contribution in [0, 0.1) is 5.41 Å². The number of hydrogen-bond donors (Lipinski definition) is 1. The second-order valence-electron chi connectivity index (χ2n) is 6.73. The van der Waals surface area contributed by atoms with Crippen LogP contribution in [0.15, 0.2) is 30.2 Å². The second-order valence-corrected chi connectivity index (χ2v) is 7.76. The Kier molecular flexibility index (Phi) is 7.05. The molecular formula is C18H23F3N2O3S. The lowest BCUT2D eigenvalue weighted by molar-refractivity contribution is -0.192. The van der Waals surface area contributed by atoms with Gasteiger partial charge in [-0.15, -0.1) is 17.9 Å². The molecule has 27 heavy (non-hydrogen) atoms. The van der Waals surface area contributed by atoms with Gasteiger partial charge in [0.05, 0.1) is 5.41 Å². The second kappa shape index (κ2) is 8.88. The Morgan fingerprint density at radius 3 is 2.37 bits per heavy atom. The number of likely N-dealkylation sites (tertiary alicyclic amines) is 2. The first-order valence-corrected chi connectivity index (χ1v) is 9.51. The van der Waals surface area contributed by atoms with Crippen molar-refractivity contribution in [2.45, 2.75) is 32.0 Å². The number of carboxylic acids is 1. The van der Waals surface area contributed by atoms with Crippen molar-refractivity contribution < 1.29 is 27.9 Å². The van der Waals surface area contributed by atoms with Gasteiger partial charge in [0.15, 0.2) is 0 Å². The molecule has 1 aromatic heterocycles. The van der Waals surface area contributed by atoms with E-state index < -0.39 is 12.1 Å². The number of carbonyl (C=O) groups is 2. The van der Waals surface area contributed by atoms with Crippen molar-refractivity contribution in [2.75, 3.05) is 26.2 Å². The Labute approximate surface area is 160 Å². The maximum Gasteiger partial charge on any atom is 0.490 e. The van der Waals surface area contributed by atoms with Crippen LogP contribution in [0.2, 0.25) is 0 Å². The van der Waals surface area contributed by atoms with E-state index in [4.69, 9.17) is 9.90 Å². The molecule has 2 saturated heterocycles. The van der Waals surface area contributed by atoms with E-state index in [-0.39, 0.29) is 5.41 Å². The summed E-state index contributed by atoms with van der Waals surface area (Å²) in [6, 6.07) is 4.31. The van der Waals surface area contributed by atoms with Crippen molar-refractivity contribution in [3.8, 4) is 0 Å². The summed E-state index contributed by atoms with van der Waals surface area (Å²) in [5, 5.41) is 9.26. The topological polar surface area (TPSA) is 60.9 Å². The van der Waals surface area contributed by atoms with Crippen molar-refractivity contribution in [3.63, 3.8) is 0 Å². The maximum atomic E-state index is 12.6. The molecule has 2 aliphatic heterocycles. The first kappa shape index (κ1) is 21.4. The highest BCUT2D eigenvalue weighted by atomic mass is 32.1. The number of hydrogen-bond acceptors (Lipinski definition) is 4. The van der Waals surface area contributed by atoms with Crippen LogP contribution in [-0.2, 0) is 16.1 Å². The molecule has 1 spiro atoms. The van der Waals surface area contributed by atoms with E-state index in [1.54, 1.807) is 0 Å². The zero-order valence-electron chi connectivity index (χ0n) is 14.9. The third-order valence-corrected chi connectivity index (χ3v) is 5.83. The molecule has 1 aromatic rings. The number of carbonyl (C=O) groups excluding carboxylic acids is 1. The Morgan fingerprint density at radius 2 is 1.89 bits per heavy atom. The van der Waals surface area contributed by atoms with Gasteiger partial charge in [0.2, 0.25) is 5.91 Å². The number of alkyl halides is 3. The monoisotopic (exact) mass is 404 g/mol. The summed E-state index contributed by atoms with van der Waals surface area (Å²) in [5.74, 6) is -2.39. The van der Waals surface area contributed by atoms with Crippen LogP contribution < -0.4 is 0 Å². The fraction of sp³-hybridized carbons (Fsp3) is 0.556. The van der Waals surface area contributed by atoms with Crippen LogP contribution in [0.1, 0.15) is 24.1 Å². The highest BCUT2D eigenvalue weighted by molar-refractivity contribution is 7.09. The minimum Gasteiger partial charge on any atom is -0.475 e. The molecule has 0 aromatic carbocycles. The average Bonchev–Trinajstić information content (AvgIpc) is 3.21. The minimum absolute atomic E-state index is 0.0606. The molecule has 1 amide bonds. The third-order valence-electron chi connectivity index (χ3n) is 4.97. The number of piperidine rings is 1. The lowest BCUT2D eigenvalue weighted by Crippen LogP contribution is -2.44. The Balaban J connectivity index is 0.000000321. The molecule has 9 heteroatoms. The zero-order valence-corrected chi connectivity index (χ0v) is 15.7. The summed E-state index contributed by atoms with van der Waals surface area (Å²) in [6.07, 6.45) is -0.176. The molecule has 5 nitrogen and oxygen atoms in total. The summed E-state index contributed by atoms with van der Waals surface area (Å²) in [5.41, 5.74) is -0.0606. The number of amides is 1. The largest absolute Gasteiger partial charge is 0.490 e. The van der Waals surface area contributed by atoms with Gasteiger partial charge in [0.1, 0.15) is 0 Å². The van der Waals surface area contributed by atoms with Crippen LogP contribution in [0.25, 0.3) is 0 Å². The molecular weight excluding hydrogens is 381 g/mol. The normalized spacial score (nSPS) is 19.7. The third kappa shape index (κ3) is 5.55. The van der Waals surface area contributed by atoms with Gasteiger partial charge in [0.25, 0.3) is 0 Å². The number of halogens is 3. The first-order valence-electron chi connectivity index (χ1n) is 8.63. The molecule has 0 saturated carbocycles. The molecule has 2 fully saturated rings.